The zero-order chi connectivity index (χ0) is 25.0. The van der Waals surface area contributed by atoms with Gasteiger partial charge in [0.05, 0.1) is 24.1 Å². The number of nitro benzene ring substituents is 1. The van der Waals surface area contributed by atoms with E-state index in [2.05, 4.69) is 10.2 Å². The molecule has 0 aliphatic carbocycles. The van der Waals surface area contributed by atoms with Gasteiger partial charge in [0, 0.05) is 23.4 Å². The van der Waals surface area contributed by atoms with Crippen LogP contribution in [0.1, 0.15) is 16.7 Å². The summed E-state index contributed by atoms with van der Waals surface area (Å²) in [6, 6.07) is 19.2. The first kappa shape index (κ1) is 24.3. The van der Waals surface area contributed by atoms with Gasteiger partial charge in [-0.05, 0) is 29.3 Å². The van der Waals surface area contributed by atoms with Crippen LogP contribution in [0.4, 0.5) is 18.9 Å². The third-order valence-electron chi connectivity index (χ3n) is 5.14. The van der Waals surface area contributed by atoms with Crippen LogP contribution in [0.15, 0.2) is 78.0 Å². The minimum atomic E-state index is -4.75. The van der Waals surface area contributed by atoms with Crippen LogP contribution in [0, 0.1) is 10.1 Å². The predicted octanol–water partition coefficient (Wildman–Crippen LogP) is 6.22. The van der Waals surface area contributed by atoms with Crippen LogP contribution < -0.4 is 4.74 Å². The van der Waals surface area contributed by atoms with Crippen molar-refractivity contribution in [2.75, 3.05) is 7.11 Å². The van der Waals surface area contributed by atoms with Crippen LogP contribution in [-0.4, -0.2) is 26.8 Å². The lowest BCUT2D eigenvalue weighted by atomic mass is 10.1. The van der Waals surface area contributed by atoms with Crippen molar-refractivity contribution < 1.29 is 22.8 Å². The maximum Gasteiger partial charge on any atom is 0.416 e. The van der Waals surface area contributed by atoms with E-state index in [1.807, 2.05) is 54.6 Å². The Kier molecular flexibility index (Phi) is 7.06. The highest BCUT2D eigenvalue weighted by Gasteiger charge is 2.33. The highest BCUT2D eigenvalue weighted by atomic mass is 32.2. The highest BCUT2D eigenvalue weighted by molar-refractivity contribution is 7.98. The molecule has 4 rings (SSSR count). The van der Waals surface area contributed by atoms with Gasteiger partial charge in [-0.1, -0.05) is 54.2 Å². The molecule has 0 spiro atoms. The summed E-state index contributed by atoms with van der Waals surface area (Å²) >= 11 is 1.36. The Morgan fingerprint density at radius 1 is 1.00 bits per heavy atom. The van der Waals surface area contributed by atoms with E-state index in [0.717, 1.165) is 29.0 Å². The summed E-state index contributed by atoms with van der Waals surface area (Å²) in [6.45, 7) is 0.276. The van der Waals surface area contributed by atoms with Gasteiger partial charge in [-0.3, -0.25) is 14.7 Å². The number of alkyl halides is 3. The van der Waals surface area contributed by atoms with Crippen molar-refractivity contribution >= 4 is 17.4 Å². The number of rotatable bonds is 8. The Hall–Kier alpha value is -3.86. The van der Waals surface area contributed by atoms with Gasteiger partial charge in [-0.25, -0.2) is 0 Å². The first-order valence-electron chi connectivity index (χ1n) is 10.3. The number of halogens is 3. The molecule has 0 saturated heterocycles. The highest BCUT2D eigenvalue weighted by Crippen LogP contribution is 2.36. The zero-order valence-electron chi connectivity index (χ0n) is 18.4. The SMILES string of the molecule is COc1ccc(CSc2nnc(-c3cc([N+](=O)[O-])cc(C(F)(F)F)c3)n2Cc2ccccc2)cc1. The Labute approximate surface area is 202 Å². The number of nitro groups is 1. The fourth-order valence-corrected chi connectivity index (χ4v) is 4.29. The molecule has 0 saturated carbocycles. The second-order valence-electron chi connectivity index (χ2n) is 7.54. The summed E-state index contributed by atoms with van der Waals surface area (Å²) in [5.41, 5.74) is 0.0359. The average Bonchev–Trinajstić information content (AvgIpc) is 3.25. The maximum atomic E-state index is 13.5. The smallest absolute Gasteiger partial charge is 0.416 e. The fourth-order valence-electron chi connectivity index (χ4n) is 3.40. The van der Waals surface area contributed by atoms with E-state index in [4.69, 9.17) is 4.74 Å². The second kappa shape index (κ2) is 10.2. The van der Waals surface area contributed by atoms with Gasteiger partial charge in [-0.15, -0.1) is 10.2 Å². The Morgan fingerprint density at radius 2 is 1.71 bits per heavy atom. The molecule has 0 N–H and O–H groups in total. The number of nitrogens with zero attached hydrogens (tertiary/aromatic N) is 4. The third-order valence-corrected chi connectivity index (χ3v) is 6.18. The molecule has 3 aromatic carbocycles. The molecule has 0 amide bonds. The molecule has 0 aliphatic heterocycles. The van der Waals surface area contributed by atoms with Crippen LogP contribution in [0.25, 0.3) is 11.4 Å². The minimum absolute atomic E-state index is 0.0359. The van der Waals surface area contributed by atoms with Gasteiger partial charge in [0.1, 0.15) is 5.75 Å². The van der Waals surface area contributed by atoms with Gasteiger partial charge in [0.15, 0.2) is 11.0 Å². The number of hydrogen-bond donors (Lipinski definition) is 0. The van der Waals surface area contributed by atoms with Crippen LogP contribution in [-0.2, 0) is 18.5 Å². The summed E-state index contributed by atoms with van der Waals surface area (Å²) in [5, 5.41) is 20.1. The number of methoxy groups -OCH3 is 1. The number of hydrogen-bond acceptors (Lipinski definition) is 6. The molecule has 4 aromatic rings. The number of ether oxygens (including phenoxy) is 1. The largest absolute Gasteiger partial charge is 0.497 e. The number of aromatic nitrogens is 3. The van der Waals surface area contributed by atoms with Crippen LogP contribution in [0.2, 0.25) is 0 Å². The lowest BCUT2D eigenvalue weighted by Gasteiger charge is -2.12. The van der Waals surface area contributed by atoms with Crippen LogP contribution >= 0.6 is 11.8 Å². The van der Waals surface area contributed by atoms with Crippen molar-refractivity contribution in [2.45, 2.75) is 23.6 Å². The first-order chi connectivity index (χ1) is 16.7. The normalized spacial score (nSPS) is 11.4. The van der Waals surface area contributed by atoms with E-state index in [1.165, 1.54) is 11.8 Å². The molecule has 1 aromatic heterocycles. The van der Waals surface area contributed by atoms with Crippen molar-refractivity contribution in [3.8, 4) is 17.1 Å². The standard InChI is InChI=1S/C24H19F3N4O3S/c1-34-21-9-7-17(8-10-21)15-35-23-29-28-22(30(23)14-16-5-3-2-4-6-16)18-11-19(24(25,26)27)13-20(12-18)31(32)33/h2-13H,14-15H2,1H3. The number of benzene rings is 3. The molecule has 0 aliphatic rings. The van der Waals surface area contributed by atoms with E-state index < -0.39 is 22.4 Å². The summed E-state index contributed by atoms with van der Waals surface area (Å²) in [7, 11) is 1.58. The van der Waals surface area contributed by atoms with Gasteiger partial charge in [0.2, 0.25) is 0 Å². The Morgan fingerprint density at radius 3 is 2.34 bits per heavy atom. The lowest BCUT2D eigenvalue weighted by molar-refractivity contribution is -0.385. The van der Waals surface area contributed by atoms with Crippen molar-refractivity contribution in [3.05, 3.63) is 99.6 Å². The van der Waals surface area contributed by atoms with E-state index in [1.54, 1.807) is 11.7 Å². The topological polar surface area (TPSA) is 83.1 Å². The van der Waals surface area contributed by atoms with Crippen molar-refractivity contribution in [3.63, 3.8) is 0 Å². The molecule has 1 heterocycles. The molecule has 0 fully saturated rings. The molecule has 0 atom stereocenters. The van der Waals surface area contributed by atoms with E-state index in [0.29, 0.717) is 17.0 Å². The maximum absolute atomic E-state index is 13.5. The lowest BCUT2D eigenvalue weighted by Crippen LogP contribution is -2.08. The molecule has 7 nitrogen and oxygen atoms in total. The Bertz CT molecular complexity index is 1330. The predicted molar refractivity (Wildman–Crippen MR) is 125 cm³/mol. The molecular formula is C24H19F3N4O3S. The first-order valence-corrected chi connectivity index (χ1v) is 11.3. The van der Waals surface area contributed by atoms with E-state index >= 15 is 0 Å². The van der Waals surface area contributed by atoms with Crippen LogP contribution in [0.3, 0.4) is 0 Å². The summed E-state index contributed by atoms with van der Waals surface area (Å²) in [5.74, 6) is 1.36. The quantitative estimate of drug-likeness (QED) is 0.162. The summed E-state index contributed by atoms with van der Waals surface area (Å²) < 4.78 is 47.2. The minimum Gasteiger partial charge on any atom is -0.497 e. The zero-order valence-corrected chi connectivity index (χ0v) is 19.2. The van der Waals surface area contributed by atoms with Gasteiger partial charge in [0.25, 0.3) is 5.69 Å². The van der Waals surface area contributed by atoms with Gasteiger partial charge >= 0.3 is 6.18 Å². The number of thioether (sulfide) groups is 1. The van der Waals surface area contributed by atoms with Crippen molar-refractivity contribution in [1.82, 2.24) is 14.8 Å². The van der Waals surface area contributed by atoms with Crippen molar-refractivity contribution in [2.24, 2.45) is 0 Å². The van der Waals surface area contributed by atoms with Gasteiger partial charge < -0.3 is 4.74 Å². The molecule has 0 radical (unpaired) electrons. The monoisotopic (exact) mass is 500 g/mol. The second-order valence-corrected chi connectivity index (χ2v) is 8.48. The molecule has 180 valence electrons. The molecule has 11 heteroatoms. The molecule has 0 bridgehead atoms. The average molecular weight is 501 g/mol. The molecule has 35 heavy (non-hydrogen) atoms. The number of non-ortho nitro benzene ring substituents is 1. The summed E-state index contributed by atoms with van der Waals surface area (Å²) in [6.07, 6.45) is -4.75. The Balaban J connectivity index is 1.74. The van der Waals surface area contributed by atoms with E-state index in [9.17, 15) is 23.3 Å². The van der Waals surface area contributed by atoms with E-state index in [-0.39, 0.29) is 17.9 Å². The van der Waals surface area contributed by atoms with Crippen molar-refractivity contribution in [1.29, 1.82) is 0 Å². The van der Waals surface area contributed by atoms with Gasteiger partial charge in [-0.2, -0.15) is 13.2 Å². The van der Waals surface area contributed by atoms with Crippen LogP contribution in [0.5, 0.6) is 5.75 Å². The summed E-state index contributed by atoms with van der Waals surface area (Å²) in [4.78, 5) is 10.5. The molecule has 0 unspecified atom stereocenters. The third kappa shape index (κ3) is 5.80. The fraction of sp³-hybridized carbons (Fsp3) is 0.167. The molecular weight excluding hydrogens is 481 g/mol.